The van der Waals surface area contributed by atoms with E-state index in [4.69, 9.17) is 49.3 Å². The Kier molecular flexibility index (Phi) is 12.3. The lowest BCUT2D eigenvalue weighted by Crippen LogP contribution is -2.56. The number of carbonyl (C=O) groups is 2. The van der Waals surface area contributed by atoms with Crippen LogP contribution in [0.1, 0.15) is 49.0 Å². The standard InChI is InChI=1S/C30H33Cl3N4O4.ClH/c1-37(2)14-7-15-41-25-16-19(8-10-22(25)32)26-21(27-23(33)17-20(31)18-34-27)9-11-24(35-26)28(38)36-30(29(39)40-3)12-5-4-6-13-30;/h8-11,16-18H,4-7,12-15H2,1-3H3,(H,36,38);1H. The molecule has 0 aliphatic heterocycles. The van der Waals surface area contributed by atoms with Crippen molar-refractivity contribution in [3.8, 4) is 28.3 Å². The Morgan fingerprint density at radius 3 is 2.40 bits per heavy atom. The second-order valence-electron chi connectivity index (χ2n) is 10.3. The topological polar surface area (TPSA) is 93.6 Å². The summed E-state index contributed by atoms with van der Waals surface area (Å²) in [5.41, 5.74) is 1.18. The van der Waals surface area contributed by atoms with Crippen molar-refractivity contribution < 1.29 is 19.1 Å². The van der Waals surface area contributed by atoms with E-state index in [1.165, 1.54) is 13.3 Å². The zero-order valence-corrected chi connectivity index (χ0v) is 26.8. The Morgan fingerprint density at radius 2 is 1.74 bits per heavy atom. The highest BCUT2D eigenvalue weighted by Gasteiger charge is 2.42. The van der Waals surface area contributed by atoms with Gasteiger partial charge in [0.05, 0.1) is 40.2 Å². The molecule has 2 heterocycles. The monoisotopic (exact) mass is 654 g/mol. The summed E-state index contributed by atoms with van der Waals surface area (Å²) in [6, 6.07) is 10.2. The van der Waals surface area contributed by atoms with Gasteiger partial charge in [-0.2, -0.15) is 0 Å². The minimum Gasteiger partial charge on any atom is -0.492 e. The maximum atomic E-state index is 13.5. The molecule has 226 valence electrons. The third kappa shape index (κ3) is 8.05. The summed E-state index contributed by atoms with van der Waals surface area (Å²) in [5, 5.41) is 4.11. The zero-order valence-electron chi connectivity index (χ0n) is 23.7. The molecule has 0 radical (unpaired) electrons. The first-order chi connectivity index (χ1) is 19.6. The summed E-state index contributed by atoms with van der Waals surface area (Å²) >= 11 is 19.1. The Hall–Kier alpha value is -2.62. The average molecular weight is 656 g/mol. The van der Waals surface area contributed by atoms with Gasteiger partial charge in [-0.15, -0.1) is 12.4 Å². The van der Waals surface area contributed by atoms with Crippen molar-refractivity contribution in [3.63, 3.8) is 0 Å². The molecule has 42 heavy (non-hydrogen) atoms. The first-order valence-corrected chi connectivity index (χ1v) is 14.6. The second kappa shape index (κ2) is 15.2. The molecule has 12 heteroatoms. The smallest absolute Gasteiger partial charge is 0.331 e. The van der Waals surface area contributed by atoms with Crippen LogP contribution in [-0.4, -0.2) is 66.6 Å². The largest absolute Gasteiger partial charge is 0.492 e. The third-order valence-electron chi connectivity index (χ3n) is 7.04. The molecule has 0 saturated heterocycles. The normalized spacial score (nSPS) is 14.2. The van der Waals surface area contributed by atoms with E-state index in [2.05, 4.69) is 15.2 Å². The summed E-state index contributed by atoms with van der Waals surface area (Å²) in [6.07, 6.45) is 5.96. The van der Waals surface area contributed by atoms with E-state index in [-0.39, 0.29) is 18.1 Å². The molecule has 2 aromatic heterocycles. The number of ether oxygens (including phenoxy) is 2. The van der Waals surface area contributed by atoms with Crippen molar-refractivity contribution >= 4 is 59.1 Å². The number of nitrogens with zero attached hydrogens (tertiary/aromatic N) is 3. The van der Waals surface area contributed by atoms with Crippen molar-refractivity contribution in [1.82, 2.24) is 20.2 Å². The van der Waals surface area contributed by atoms with Crippen molar-refractivity contribution in [2.24, 2.45) is 0 Å². The van der Waals surface area contributed by atoms with Crippen molar-refractivity contribution in [2.75, 3.05) is 34.4 Å². The Labute approximate surface area is 267 Å². The van der Waals surface area contributed by atoms with Gasteiger partial charge in [-0.05, 0) is 63.7 Å². The lowest BCUT2D eigenvalue weighted by atomic mass is 9.81. The number of hydrogen-bond acceptors (Lipinski definition) is 7. The lowest BCUT2D eigenvalue weighted by molar-refractivity contribution is -0.149. The van der Waals surface area contributed by atoms with Crippen LogP contribution < -0.4 is 10.1 Å². The fourth-order valence-electron chi connectivity index (χ4n) is 4.95. The predicted octanol–water partition coefficient (Wildman–Crippen LogP) is 7.13. The molecule has 0 bridgehead atoms. The van der Waals surface area contributed by atoms with Gasteiger partial charge < -0.3 is 19.7 Å². The van der Waals surface area contributed by atoms with Crippen molar-refractivity contribution in [3.05, 3.63) is 63.4 Å². The number of carbonyl (C=O) groups excluding carboxylic acids is 2. The van der Waals surface area contributed by atoms with Crippen LogP contribution in [0.2, 0.25) is 15.1 Å². The summed E-state index contributed by atoms with van der Waals surface area (Å²) in [6.45, 7) is 1.35. The molecule has 4 rings (SSSR count). The first kappa shape index (κ1) is 33.9. The minimum absolute atomic E-state index is 0. The van der Waals surface area contributed by atoms with E-state index in [0.717, 1.165) is 32.2 Å². The van der Waals surface area contributed by atoms with Crippen LogP contribution in [0, 0.1) is 0 Å². The molecule has 1 aromatic carbocycles. The average Bonchev–Trinajstić information content (AvgIpc) is 2.96. The predicted molar refractivity (Wildman–Crippen MR) is 169 cm³/mol. The molecular weight excluding hydrogens is 622 g/mol. The number of pyridine rings is 2. The molecule has 3 aromatic rings. The van der Waals surface area contributed by atoms with Gasteiger partial charge in [0.15, 0.2) is 0 Å². The summed E-state index contributed by atoms with van der Waals surface area (Å²) < 4.78 is 11.1. The summed E-state index contributed by atoms with van der Waals surface area (Å²) in [4.78, 5) is 37.6. The maximum absolute atomic E-state index is 13.5. The Bertz CT molecular complexity index is 1410. The van der Waals surface area contributed by atoms with Gasteiger partial charge in [0.2, 0.25) is 0 Å². The zero-order chi connectivity index (χ0) is 29.6. The molecule has 1 saturated carbocycles. The van der Waals surface area contributed by atoms with Gasteiger partial charge in [-0.1, -0.05) is 60.1 Å². The Morgan fingerprint density at radius 1 is 1.00 bits per heavy atom. The second-order valence-corrected chi connectivity index (χ2v) is 11.6. The van der Waals surface area contributed by atoms with Crippen LogP contribution >= 0.6 is 47.2 Å². The quantitative estimate of drug-likeness (QED) is 0.183. The third-order valence-corrected chi connectivity index (χ3v) is 7.85. The van der Waals surface area contributed by atoms with Gasteiger partial charge in [0.25, 0.3) is 5.91 Å². The highest BCUT2D eigenvalue weighted by Crippen LogP contribution is 2.38. The number of hydrogen-bond donors (Lipinski definition) is 1. The van der Waals surface area contributed by atoms with E-state index < -0.39 is 17.4 Å². The SMILES string of the molecule is COC(=O)C1(NC(=O)c2ccc(-c3ncc(Cl)cc3Cl)c(-c3ccc(Cl)c(OCCCN(C)C)c3)n2)CCCCC1.Cl. The van der Waals surface area contributed by atoms with E-state index >= 15 is 0 Å². The molecule has 1 aliphatic rings. The number of methoxy groups -OCH3 is 1. The molecule has 0 spiro atoms. The molecule has 0 unspecified atom stereocenters. The van der Waals surface area contributed by atoms with E-state index in [1.54, 1.807) is 36.4 Å². The lowest BCUT2D eigenvalue weighted by Gasteiger charge is -2.35. The van der Waals surface area contributed by atoms with E-state index in [1.807, 2.05) is 14.1 Å². The highest BCUT2D eigenvalue weighted by atomic mass is 35.5. The van der Waals surface area contributed by atoms with Crippen LogP contribution in [-0.2, 0) is 9.53 Å². The number of halogens is 4. The number of benzene rings is 1. The maximum Gasteiger partial charge on any atom is 0.331 e. The number of nitrogens with one attached hydrogen (secondary N) is 1. The highest BCUT2D eigenvalue weighted by molar-refractivity contribution is 6.36. The first-order valence-electron chi connectivity index (χ1n) is 13.4. The van der Waals surface area contributed by atoms with Gasteiger partial charge in [-0.25, -0.2) is 9.78 Å². The van der Waals surface area contributed by atoms with Gasteiger partial charge >= 0.3 is 5.97 Å². The van der Waals surface area contributed by atoms with Crippen LogP contribution in [0.5, 0.6) is 5.75 Å². The number of aromatic nitrogens is 2. The molecule has 1 fully saturated rings. The molecule has 1 aliphatic carbocycles. The van der Waals surface area contributed by atoms with Gasteiger partial charge in [0, 0.05) is 23.9 Å². The molecular formula is C30H34Cl4N4O4. The molecule has 1 amide bonds. The van der Waals surface area contributed by atoms with Crippen molar-refractivity contribution in [1.29, 1.82) is 0 Å². The van der Waals surface area contributed by atoms with Crippen LogP contribution in [0.3, 0.4) is 0 Å². The number of esters is 1. The van der Waals surface area contributed by atoms with Crippen LogP contribution in [0.15, 0.2) is 42.6 Å². The number of amides is 1. The summed E-state index contributed by atoms with van der Waals surface area (Å²) in [7, 11) is 5.34. The molecule has 0 atom stereocenters. The van der Waals surface area contributed by atoms with Crippen LogP contribution in [0.25, 0.3) is 22.5 Å². The van der Waals surface area contributed by atoms with E-state index in [0.29, 0.717) is 62.8 Å². The fraction of sp³-hybridized carbons (Fsp3) is 0.400. The minimum atomic E-state index is -1.08. The van der Waals surface area contributed by atoms with Crippen LogP contribution in [0.4, 0.5) is 0 Å². The van der Waals surface area contributed by atoms with Gasteiger partial charge in [0.1, 0.15) is 17.0 Å². The summed E-state index contributed by atoms with van der Waals surface area (Å²) in [5.74, 6) is -0.435. The van der Waals surface area contributed by atoms with Crippen molar-refractivity contribution in [2.45, 2.75) is 44.1 Å². The molecule has 1 N–H and O–H groups in total. The van der Waals surface area contributed by atoms with E-state index in [9.17, 15) is 9.59 Å². The Balaban J connectivity index is 0.00000484. The number of rotatable bonds is 10. The fourth-order valence-corrected chi connectivity index (χ4v) is 5.60. The molecule has 8 nitrogen and oxygen atoms in total. The van der Waals surface area contributed by atoms with Gasteiger partial charge in [-0.3, -0.25) is 9.78 Å².